The van der Waals surface area contributed by atoms with E-state index >= 15 is 0 Å². The summed E-state index contributed by atoms with van der Waals surface area (Å²) in [6, 6.07) is 8.62. The Morgan fingerprint density at radius 1 is 1.16 bits per heavy atom. The molecule has 1 atom stereocenters. The molecule has 2 aromatic rings. The number of hydrogen-bond acceptors (Lipinski definition) is 3. The zero-order valence-corrected chi connectivity index (χ0v) is 12.3. The Kier molecular flexibility index (Phi) is 6.17. The Morgan fingerprint density at radius 3 is 2.53 bits per heavy atom. The quantitative estimate of drug-likeness (QED) is 0.892. The molecule has 0 saturated heterocycles. The molecule has 0 aliphatic rings. The van der Waals surface area contributed by atoms with Gasteiger partial charge in [0.15, 0.2) is 0 Å². The van der Waals surface area contributed by atoms with Crippen LogP contribution in [0.15, 0.2) is 34.7 Å². The van der Waals surface area contributed by atoms with Gasteiger partial charge < -0.3 is 15.3 Å². The van der Waals surface area contributed by atoms with Crippen LogP contribution in [-0.4, -0.2) is 11.7 Å². The lowest BCUT2D eigenvalue weighted by Crippen LogP contribution is -2.10. The molecular weight excluding hydrogens is 309 g/mol. The second kappa shape index (κ2) is 7.17. The molecule has 1 aromatic heterocycles. The van der Waals surface area contributed by atoms with Crippen molar-refractivity contribution in [1.29, 1.82) is 0 Å². The maximum Gasteiger partial charge on any atom is 0.134 e. The third-order valence-electron chi connectivity index (χ3n) is 2.64. The van der Waals surface area contributed by atoms with Crippen LogP contribution >= 0.6 is 35.6 Å². The Hall–Kier alpha value is -0.710. The van der Waals surface area contributed by atoms with Crippen molar-refractivity contribution in [2.45, 2.75) is 12.5 Å². The average Bonchev–Trinajstić information content (AvgIpc) is 2.82. The van der Waals surface area contributed by atoms with Crippen molar-refractivity contribution >= 4 is 35.6 Å². The first-order valence-corrected chi connectivity index (χ1v) is 6.29. The van der Waals surface area contributed by atoms with E-state index in [-0.39, 0.29) is 25.1 Å². The van der Waals surface area contributed by atoms with Gasteiger partial charge in [-0.2, -0.15) is 0 Å². The lowest BCUT2D eigenvalue weighted by Gasteiger charge is -2.06. The van der Waals surface area contributed by atoms with Gasteiger partial charge in [0.05, 0.1) is 16.1 Å². The Labute approximate surface area is 127 Å². The first-order chi connectivity index (χ1) is 8.61. The van der Waals surface area contributed by atoms with Crippen molar-refractivity contribution < 1.29 is 9.52 Å². The highest BCUT2D eigenvalue weighted by Gasteiger charge is 2.12. The number of benzene rings is 1. The van der Waals surface area contributed by atoms with Gasteiger partial charge in [-0.15, -0.1) is 12.4 Å². The topological polar surface area (TPSA) is 59.4 Å². The predicted molar refractivity (Wildman–Crippen MR) is 80.0 cm³/mol. The summed E-state index contributed by atoms with van der Waals surface area (Å²) >= 11 is 11.8. The van der Waals surface area contributed by atoms with Gasteiger partial charge in [-0.25, -0.2) is 0 Å². The van der Waals surface area contributed by atoms with E-state index in [4.69, 9.17) is 38.5 Å². The second-order valence-electron chi connectivity index (χ2n) is 3.95. The van der Waals surface area contributed by atoms with Gasteiger partial charge in [0.25, 0.3) is 0 Å². The maximum absolute atomic E-state index is 8.83. The normalized spacial score (nSPS) is 12.0. The minimum absolute atomic E-state index is 0. The highest BCUT2D eigenvalue weighted by Crippen LogP contribution is 2.30. The van der Waals surface area contributed by atoms with Crippen LogP contribution < -0.4 is 5.73 Å². The number of furan rings is 1. The Bertz CT molecular complexity index is 542. The number of aliphatic hydroxyl groups excluding tert-OH is 1. The summed E-state index contributed by atoms with van der Waals surface area (Å²) in [6.07, 6.45) is 0.467. The van der Waals surface area contributed by atoms with E-state index in [1.165, 1.54) is 0 Å². The number of aliphatic hydroxyl groups is 1. The predicted octanol–water partition coefficient (Wildman–Crippen LogP) is 4.06. The molecule has 104 valence electrons. The standard InChI is InChI=1S/C13H13Cl2NO2.ClH/c14-9-2-1-8(7-10(9)15)12-3-4-13(18-12)11(16)5-6-17;/h1-4,7,11,17H,5-6,16H2;1H. The van der Waals surface area contributed by atoms with Gasteiger partial charge in [-0.05, 0) is 36.8 Å². The third kappa shape index (κ3) is 3.88. The fourth-order valence-corrected chi connectivity index (χ4v) is 1.94. The maximum atomic E-state index is 8.83. The lowest BCUT2D eigenvalue weighted by molar-refractivity contribution is 0.269. The van der Waals surface area contributed by atoms with E-state index < -0.39 is 0 Å². The summed E-state index contributed by atoms with van der Waals surface area (Å²) in [7, 11) is 0. The van der Waals surface area contributed by atoms with Crippen molar-refractivity contribution in [3.8, 4) is 11.3 Å². The van der Waals surface area contributed by atoms with Crippen LogP contribution in [-0.2, 0) is 0 Å². The van der Waals surface area contributed by atoms with Crippen LogP contribution in [0, 0.1) is 0 Å². The van der Waals surface area contributed by atoms with Crippen LogP contribution in [0.25, 0.3) is 11.3 Å². The summed E-state index contributed by atoms with van der Waals surface area (Å²) < 4.78 is 5.64. The molecule has 6 heteroatoms. The fourth-order valence-electron chi connectivity index (χ4n) is 1.64. The summed E-state index contributed by atoms with van der Waals surface area (Å²) in [6.45, 7) is 0.0317. The molecule has 2 rings (SSSR count). The van der Waals surface area contributed by atoms with E-state index in [0.717, 1.165) is 5.56 Å². The van der Waals surface area contributed by atoms with Crippen LogP contribution in [0.2, 0.25) is 10.0 Å². The molecule has 3 N–H and O–H groups in total. The van der Waals surface area contributed by atoms with Gasteiger partial charge in [-0.3, -0.25) is 0 Å². The fraction of sp³-hybridized carbons (Fsp3) is 0.231. The summed E-state index contributed by atoms with van der Waals surface area (Å²) in [5, 5.41) is 9.82. The second-order valence-corrected chi connectivity index (χ2v) is 4.76. The number of halogens is 3. The molecule has 0 saturated carbocycles. The van der Waals surface area contributed by atoms with E-state index in [9.17, 15) is 0 Å². The van der Waals surface area contributed by atoms with Crippen LogP contribution in [0.5, 0.6) is 0 Å². The molecule has 0 radical (unpaired) electrons. The number of hydrogen-bond donors (Lipinski definition) is 2. The molecular formula is C13H14Cl3NO2. The molecule has 3 nitrogen and oxygen atoms in total. The van der Waals surface area contributed by atoms with Crippen molar-refractivity contribution in [3.05, 3.63) is 46.1 Å². The van der Waals surface area contributed by atoms with E-state index in [1.807, 2.05) is 12.1 Å². The first kappa shape index (κ1) is 16.3. The molecule has 0 aliphatic carbocycles. The summed E-state index contributed by atoms with van der Waals surface area (Å²) in [5.74, 6) is 1.32. The monoisotopic (exact) mass is 321 g/mol. The first-order valence-electron chi connectivity index (χ1n) is 5.53. The molecule has 1 unspecified atom stereocenters. The molecule has 1 aromatic carbocycles. The number of nitrogens with two attached hydrogens (primary N) is 1. The molecule has 0 aliphatic heterocycles. The third-order valence-corrected chi connectivity index (χ3v) is 3.38. The zero-order chi connectivity index (χ0) is 13.1. The molecule has 0 fully saturated rings. The highest BCUT2D eigenvalue weighted by molar-refractivity contribution is 6.42. The zero-order valence-electron chi connectivity index (χ0n) is 9.98. The number of rotatable bonds is 4. The van der Waals surface area contributed by atoms with Crippen LogP contribution in [0.4, 0.5) is 0 Å². The van der Waals surface area contributed by atoms with Crippen LogP contribution in [0.1, 0.15) is 18.2 Å². The Balaban J connectivity index is 0.00000180. The minimum Gasteiger partial charge on any atom is -0.459 e. The largest absolute Gasteiger partial charge is 0.459 e. The summed E-state index contributed by atoms with van der Waals surface area (Å²) in [5.41, 5.74) is 6.69. The molecule has 0 spiro atoms. The van der Waals surface area contributed by atoms with Crippen molar-refractivity contribution in [2.75, 3.05) is 6.61 Å². The minimum atomic E-state index is -0.300. The van der Waals surface area contributed by atoms with Crippen molar-refractivity contribution in [3.63, 3.8) is 0 Å². The smallest absolute Gasteiger partial charge is 0.134 e. The van der Waals surface area contributed by atoms with Crippen molar-refractivity contribution in [1.82, 2.24) is 0 Å². The van der Waals surface area contributed by atoms with Gasteiger partial charge in [0.1, 0.15) is 11.5 Å². The SMILES string of the molecule is Cl.NC(CCO)c1ccc(-c2ccc(Cl)c(Cl)c2)o1. The molecule has 19 heavy (non-hydrogen) atoms. The van der Waals surface area contributed by atoms with Gasteiger partial charge >= 0.3 is 0 Å². The molecule has 1 heterocycles. The van der Waals surface area contributed by atoms with Crippen LogP contribution in [0.3, 0.4) is 0 Å². The average molecular weight is 323 g/mol. The van der Waals surface area contributed by atoms with Gasteiger partial charge in [0.2, 0.25) is 0 Å². The van der Waals surface area contributed by atoms with E-state index in [0.29, 0.717) is 28.0 Å². The molecule has 0 amide bonds. The lowest BCUT2D eigenvalue weighted by atomic mass is 10.1. The summed E-state index contributed by atoms with van der Waals surface area (Å²) in [4.78, 5) is 0. The molecule has 0 bridgehead atoms. The van der Waals surface area contributed by atoms with Gasteiger partial charge in [-0.1, -0.05) is 23.2 Å². The van der Waals surface area contributed by atoms with E-state index in [1.54, 1.807) is 18.2 Å². The Morgan fingerprint density at radius 2 is 1.89 bits per heavy atom. The highest BCUT2D eigenvalue weighted by atomic mass is 35.5. The van der Waals surface area contributed by atoms with Gasteiger partial charge in [0, 0.05) is 12.2 Å². The van der Waals surface area contributed by atoms with E-state index in [2.05, 4.69) is 0 Å². The van der Waals surface area contributed by atoms with Crippen molar-refractivity contribution in [2.24, 2.45) is 5.73 Å².